The first-order valence-corrected chi connectivity index (χ1v) is 12.0. The zero-order valence-electron chi connectivity index (χ0n) is 20.1. The summed E-state index contributed by atoms with van der Waals surface area (Å²) in [5.41, 5.74) is 4.60. The van der Waals surface area contributed by atoms with E-state index in [2.05, 4.69) is 30.3 Å². The third-order valence-corrected chi connectivity index (χ3v) is 7.01. The van der Waals surface area contributed by atoms with Crippen LogP contribution in [-0.4, -0.2) is 27.4 Å². The van der Waals surface area contributed by atoms with E-state index in [9.17, 15) is 0 Å². The normalized spacial score (nSPS) is 21.2. The molecule has 1 aliphatic heterocycles. The van der Waals surface area contributed by atoms with Crippen molar-refractivity contribution in [1.82, 2.24) is 0 Å². The number of fused-ring (bicyclic) bond motifs is 3. The van der Waals surface area contributed by atoms with Gasteiger partial charge in [0.2, 0.25) is 0 Å². The second kappa shape index (κ2) is 9.98. The highest BCUT2D eigenvalue weighted by Gasteiger charge is 2.39. The lowest BCUT2D eigenvalue weighted by atomic mass is 9.76. The predicted molar refractivity (Wildman–Crippen MR) is 131 cm³/mol. The molecule has 178 valence electrons. The lowest BCUT2D eigenvalue weighted by Crippen LogP contribution is -2.33. The molecule has 1 aliphatic carbocycles. The molecule has 1 fully saturated rings. The van der Waals surface area contributed by atoms with E-state index < -0.39 is 0 Å². The van der Waals surface area contributed by atoms with E-state index in [-0.39, 0.29) is 12.2 Å². The van der Waals surface area contributed by atoms with Crippen LogP contribution in [0.5, 0.6) is 23.0 Å². The minimum atomic E-state index is -0.203. The second-order valence-corrected chi connectivity index (χ2v) is 8.97. The van der Waals surface area contributed by atoms with Crippen molar-refractivity contribution in [2.24, 2.45) is 0 Å². The summed E-state index contributed by atoms with van der Waals surface area (Å²) in [5.74, 6) is 3.29. The average molecular weight is 461 g/mol. The Morgan fingerprint density at radius 2 is 1.41 bits per heavy atom. The summed E-state index contributed by atoms with van der Waals surface area (Å²) >= 11 is 0. The Bertz CT molecular complexity index is 1130. The summed E-state index contributed by atoms with van der Waals surface area (Å²) in [5, 5.41) is 0. The van der Waals surface area contributed by atoms with Gasteiger partial charge in [0.1, 0.15) is 12.7 Å². The van der Waals surface area contributed by atoms with Gasteiger partial charge in [-0.2, -0.15) is 0 Å². The number of hydrogen-bond acceptors (Lipinski definition) is 5. The van der Waals surface area contributed by atoms with Gasteiger partial charge in [-0.05, 0) is 59.4 Å². The maximum absolute atomic E-state index is 6.75. The summed E-state index contributed by atoms with van der Waals surface area (Å²) in [6.45, 7) is 0.486. The maximum atomic E-state index is 6.75. The molecule has 3 aromatic carbocycles. The summed E-state index contributed by atoms with van der Waals surface area (Å²) in [7, 11) is 5.04. The molecule has 0 spiro atoms. The summed E-state index contributed by atoms with van der Waals surface area (Å²) in [6.07, 6.45) is 4.63. The Kier molecular flexibility index (Phi) is 6.63. The van der Waals surface area contributed by atoms with E-state index in [1.54, 1.807) is 21.3 Å². The fourth-order valence-corrected chi connectivity index (χ4v) is 5.28. The van der Waals surface area contributed by atoms with Crippen LogP contribution in [0.4, 0.5) is 0 Å². The molecule has 2 aliphatic rings. The number of methoxy groups -OCH3 is 3. The van der Waals surface area contributed by atoms with Crippen LogP contribution >= 0.6 is 0 Å². The van der Waals surface area contributed by atoms with Crippen LogP contribution in [0.1, 0.15) is 60.0 Å². The van der Waals surface area contributed by atoms with Crippen molar-refractivity contribution in [1.29, 1.82) is 0 Å². The van der Waals surface area contributed by atoms with Crippen molar-refractivity contribution in [3.05, 3.63) is 82.9 Å². The van der Waals surface area contributed by atoms with E-state index in [1.807, 2.05) is 30.3 Å². The van der Waals surface area contributed by atoms with Gasteiger partial charge in [-0.25, -0.2) is 0 Å². The van der Waals surface area contributed by atoms with Crippen molar-refractivity contribution < 1.29 is 23.7 Å². The first-order chi connectivity index (χ1) is 16.7. The highest BCUT2D eigenvalue weighted by molar-refractivity contribution is 5.54. The molecule has 0 bridgehead atoms. The molecule has 0 amide bonds. The third-order valence-electron chi connectivity index (χ3n) is 7.01. The number of hydrogen-bond donors (Lipinski definition) is 0. The molecule has 0 aromatic heterocycles. The van der Waals surface area contributed by atoms with Gasteiger partial charge < -0.3 is 23.7 Å². The molecular formula is C29H32O5. The Hall–Kier alpha value is -3.18. The molecule has 3 aromatic rings. The van der Waals surface area contributed by atoms with E-state index >= 15 is 0 Å². The topological polar surface area (TPSA) is 46.2 Å². The monoisotopic (exact) mass is 460 g/mol. The van der Waals surface area contributed by atoms with Crippen LogP contribution in [0, 0.1) is 0 Å². The first-order valence-electron chi connectivity index (χ1n) is 12.0. The van der Waals surface area contributed by atoms with Crippen LogP contribution in [-0.2, 0) is 11.3 Å². The molecule has 1 heterocycles. The molecule has 0 N–H and O–H groups in total. The van der Waals surface area contributed by atoms with Crippen LogP contribution in [0.15, 0.2) is 60.7 Å². The highest BCUT2D eigenvalue weighted by atomic mass is 16.5. The predicted octanol–water partition coefficient (Wildman–Crippen LogP) is 6.44. The molecule has 0 saturated heterocycles. The van der Waals surface area contributed by atoms with Gasteiger partial charge in [0, 0.05) is 5.92 Å². The fourth-order valence-electron chi connectivity index (χ4n) is 5.28. The van der Waals surface area contributed by atoms with Gasteiger partial charge in [0.05, 0.1) is 27.4 Å². The summed E-state index contributed by atoms with van der Waals surface area (Å²) in [4.78, 5) is 0. The molecule has 34 heavy (non-hydrogen) atoms. The van der Waals surface area contributed by atoms with E-state index in [0.717, 1.165) is 41.0 Å². The van der Waals surface area contributed by atoms with Gasteiger partial charge in [0.25, 0.3) is 0 Å². The average Bonchev–Trinajstić information content (AvgIpc) is 2.91. The number of benzene rings is 3. The minimum absolute atomic E-state index is 0.198. The number of ether oxygens (including phenoxy) is 5. The zero-order valence-corrected chi connectivity index (χ0v) is 20.1. The summed E-state index contributed by atoms with van der Waals surface area (Å²) in [6, 6.07) is 20.5. The standard InChI is InChI=1S/C29H32O5/c1-30-26-15-20(13-14-25(26)33-18-19-9-5-4-6-10-19)29-23-17-28(32-3)27(31-2)16-22(23)21-11-7-8-12-24(21)34-29/h4-6,9-10,13-17,21,24,29H,7-8,11-12,18H2,1-3H3/t21-,24-,29+/m1/s1. The Morgan fingerprint density at radius 1 is 0.735 bits per heavy atom. The quantitative estimate of drug-likeness (QED) is 0.406. The molecule has 5 nitrogen and oxygen atoms in total. The van der Waals surface area contributed by atoms with Gasteiger partial charge in [-0.15, -0.1) is 0 Å². The second-order valence-electron chi connectivity index (χ2n) is 8.97. The largest absolute Gasteiger partial charge is 0.493 e. The third kappa shape index (κ3) is 4.32. The van der Waals surface area contributed by atoms with Crippen LogP contribution in [0.25, 0.3) is 0 Å². The molecule has 5 heteroatoms. The van der Waals surface area contributed by atoms with E-state index in [0.29, 0.717) is 24.0 Å². The van der Waals surface area contributed by atoms with Crippen molar-refractivity contribution in [3.8, 4) is 23.0 Å². The van der Waals surface area contributed by atoms with Crippen molar-refractivity contribution in [2.45, 2.75) is 50.4 Å². The van der Waals surface area contributed by atoms with E-state index in [4.69, 9.17) is 23.7 Å². The van der Waals surface area contributed by atoms with Gasteiger partial charge in [0.15, 0.2) is 23.0 Å². The SMILES string of the molecule is COc1cc2c(cc1OC)[C@H]1CCCC[C@H]1O[C@H]2c1ccc(OCc2ccccc2)c(OC)c1. The lowest BCUT2D eigenvalue weighted by molar-refractivity contribution is -0.0391. The molecule has 1 saturated carbocycles. The van der Waals surface area contributed by atoms with E-state index in [1.165, 1.54) is 18.4 Å². The Labute approximate surface area is 201 Å². The highest BCUT2D eigenvalue weighted by Crippen LogP contribution is 2.50. The molecule has 5 rings (SSSR count). The van der Waals surface area contributed by atoms with Gasteiger partial charge >= 0.3 is 0 Å². The fraction of sp³-hybridized carbons (Fsp3) is 0.379. The minimum Gasteiger partial charge on any atom is -0.493 e. The van der Waals surface area contributed by atoms with Crippen LogP contribution < -0.4 is 18.9 Å². The first kappa shape index (κ1) is 22.6. The van der Waals surface area contributed by atoms with Gasteiger partial charge in [-0.3, -0.25) is 0 Å². The molecule has 0 radical (unpaired) electrons. The molecular weight excluding hydrogens is 428 g/mol. The lowest BCUT2D eigenvalue weighted by Gasteiger charge is -2.41. The van der Waals surface area contributed by atoms with Gasteiger partial charge in [-0.1, -0.05) is 49.2 Å². The van der Waals surface area contributed by atoms with Crippen LogP contribution in [0.3, 0.4) is 0 Å². The molecule has 3 atom stereocenters. The van der Waals surface area contributed by atoms with Crippen molar-refractivity contribution in [3.63, 3.8) is 0 Å². The van der Waals surface area contributed by atoms with Crippen LogP contribution in [0.2, 0.25) is 0 Å². The summed E-state index contributed by atoms with van der Waals surface area (Å²) < 4.78 is 29.8. The van der Waals surface area contributed by atoms with Crippen molar-refractivity contribution >= 4 is 0 Å². The zero-order chi connectivity index (χ0) is 23.5. The molecule has 0 unspecified atom stereocenters. The smallest absolute Gasteiger partial charge is 0.161 e. The Balaban J connectivity index is 1.50. The maximum Gasteiger partial charge on any atom is 0.161 e. The Morgan fingerprint density at radius 3 is 2.15 bits per heavy atom. The van der Waals surface area contributed by atoms with Crippen molar-refractivity contribution in [2.75, 3.05) is 21.3 Å². The number of rotatable bonds is 7.